The SMILES string of the molecule is O=C(O)c1ncc(-c2ccccc2OC(F)(F)F)cc1Cl. The summed E-state index contributed by atoms with van der Waals surface area (Å²) >= 11 is 5.75. The van der Waals surface area contributed by atoms with Gasteiger partial charge < -0.3 is 9.84 Å². The topological polar surface area (TPSA) is 59.4 Å². The zero-order valence-corrected chi connectivity index (χ0v) is 10.9. The molecule has 1 heterocycles. The van der Waals surface area contributed by atoms with Crippen LogP contribution in [0.15, 0.2) is 36.5 Å². The third-order valence-corrected chi connectivity index (χ3v) is 2.76. The molecule has 1 aromatic heterocycles. The van der Waals surface area contributed by atoms with E-state index >= 15 is 0 Å². The number of nitrogens with zero attached hydrogens (tertiary/aromatic N) is 1. The van der Waals surface area contributed by atoms with Crippen molar-refractivity contribution < 1.29 is 27.8 Å². The minimum Gasteiger partial charge on any atom is -0.476 e. The van der Waals surface area contributed by atoms with Crippen LogP contribution in [-0.2, 0) is 0 Å². The van der Waals surface area contributed by atoms with Crippen LogP contribution in [-0.4, -0.2) is 22.4 Å². The molecule has 0 aliphatic heterocycles. The smallest absolute Gasteiger partial charge is 0.476 e. The molecule has 0 amide bonds. The molecule has 1 N–H and O–H groups in total. The first-order valence-corrected chi connectivity index (χ1v) is 5.90. The first-order chi connectivity index (χ1) is 9.78. The molecule has 0 radical (unpaired) electrons. The number of pyridine rings is 1. The average Bonchev–Trinajstić information content (AvgIpc) is 2.36. The van der Waals surface area contributed by atoms with Gasteiger partial charge >= 0.3 is 12.3 Å². The van der Waals surface area contributed by atoms with Crippen molar-refractivity contribution in [3.05, 3.63) is 47.2 Å². The monoisotopic (exact) mass is 317 g/mol. The number of benzene rings is 1. The predicted octanol–water partition coefficient (Wildman–Crippen LogP) is 4.00. The Balaban J connectivity index is 2.47. The molecule has 2 aromatic rings. The highest BCUT2D eigenvalue weighted by atomic mass is 35.5. The minimum absolute atomic E-state index is 0.0983. The van der Waals surface area contributed by atoms with E-state index in [1.165, 1.54) is 24.3 Å². The van der Waals surface area contributed by atoms with Gasteiger partial charge in [-0.1, -0.05) is 29.8 Å². The standard InChI is InChI=1S/C13H7ClF3NO3/c14-9-5-7(6-18-11(9)12(19)20)8-3-1-2-4-10(8)21-13(15,16)17/h1-6H,(H,19,20). The zero-order valence-electron chi connectivity index (χ0n) is 10.2. The number of ether oxygens (including phenoxy) is 1. The highest BCUT2D eigenvalue weighted by Gasteiger charge is 2.32. The Kier molecular flexibility index (Phi) is 4.04. The summed E-state index contributed by atoms with van der Waals surface area (Å²) in [5.41, 5.74) is -0.0688. The lowest BCUT2D eigenvalue weighted by atomic mass is 10.1. The summed E-state index contributed by atoms with van der Waals surface area (Å²) in [5, 5.41) is 8.64. The predicted molar refractivity (Wildman–Crippen MR) is 68.3 cm³/mol. The maximum absolute atomic E-state index is 12.3. The molecule has 0 unspecified atom stereocenters. The lowest BCUT2D eigenvalue weighted by Crippen LogP contribution is -2.17. The van der Waals surface area contributed by atoms with Gasteiger partial charge in [-0.25, -0.2) is 9.78 Å². The molecule has 21 heavy (non-hydrogen) atoms. The van der Waals surface area contributed by atoms with E-state index in [2.05, 4.69) is 9.72 Å². The highest BCUT2D eigenvalue weighted by molar-refractivity contribution is 6.33. The number of halogens is 4. The van der Waals surface area contributed by atoms with Crippen LogP contribution >= 0.6 is 11.6 Å². The van der Waals surface area contributed by atoms with Crippen molar-refractivity contribution in [2.24, 2.45) is 0 Å². The molecular weight excluding hydrogens is 311 g/mol. The van der Waals surface area contributed by atoms with Gasteiger partial charge in [0.15, 0.2) is 5.69 Å². The normalized spacial score (nSPS) is 11.2. The largest absolute Gasteiger partial charge is 0.573 e. The second kappa shape index (κ2) is 5.61. The first kappa shape index (κ1) is 15.1. The quantitative estimate of drug-likeness (QED) is 0.929. The number of alkyl halides is 3. The van der Waals surface area contributed by atoms with Crippen molar-refractivity contribution in [3.63, 3.8) is 0 Å². The maximum Gasteiger partial charge on any atom is 0.573 e. The van der Waals surface area contributed by atoms with Crippen molar-refractivity contribution in [2.75, 3.05) is 0 Å². The number of aromatic carboxylic acids is 1. The molecule has 0 spiro atoms. The van der Waals surface area contributed by atoms with E-state index in [1.807, 2.05) is 0 Å². The summed E-state index contributed by atoms with van der Waals surface area (Å²) < 4.78 is 41.0. The van der Waals surface area contributed by atoms with E-state index in [0.717, 1.165) is 12.3 Å². The van der Waals surface area contributed by atoms with Gasteiger partial charge in [-0.05, 0) is 12.1 Å². The van der Waals surface area contributed by atoms with Gasteiger partial charge in [0, 0.05) is 17.3 Å². The van der Waals surface area contributed by atoms with Crippen LogP contribution in [0.1, 0.15) is 10.5 Å². The molecule has 8 heteroatoms. The van der Waals surface area contributed by atoms with Gasteiger partial charge in [-0.2, -0.15) is 0 Å². The van der Waals surface area contributed by atoms with Crippen molar-refractivity contribution in [1.82, 2.24) is 4.98 Å². The molecule has 0 saturated carbocycles. The van der Waals surface area contributed by atoms with Gasteiger partial charge in [0.05, 0.1) is 5.02 Å². The number of carboxylic acid groups (broad SMARTS) is 1. The molecule has 0 aliphatic carbocycles. The Labute approximate surface area is 121 Å². The summed E-state index contributed by atoms with van der Waals surface area (Å²) in [7, 11) is 0. The highest BCUT2D eigenvalue weighted by Crippen LogP contribution is 2.34. The number of hydrogen-bond donors (Lipinski definition) is 1. The van der Waals surface area contributed by atoms with Crippen LogP contribution in [0.4, 0.5) is 13.2 Å². The molecule has 0 aliphatic rings. The van der Waals surface area contributed by atoms with E-state index < -0.39 is 18.1 Å². The van der Waals surface area contributed by atoms with Crippen molar-refractivity contribution in [3.8, 4) is 16.9 Å². The second-order valence-corrected chi connectivity index (χ2v) is 4.31. The average molecular weight is 318 g/mol. The summed E-state index contributed by atoms with van der Waals surface area (Å²) in [4.78, 5) is 14.4. The molecule has 1 aromatic carbocycles. The van der Waals surface area contributed by atoms with Crippen LogP contribution in [0.5, 0.6) is 5.75 Å². The fourth-order valence-corrected chi connectivity index (χ4v) is 1.91. The number of rotatable bonds is 3. The Morgan fingerprint density at radius 3 is 2.52 bits per heavy atom. The number of carbonyl (C=O) groups is 1. The maximum atomic E-state index is 12.3. The van der Waals surface area contributed by atoms with E-state index in [9.17, 15) is 18.0 Å². The number of hydrogen-bond acceptors (Lipinski definition) is 3. The summed E-state index contributed by atoms with van der Waals surface area (Å²) in [5.74, 6) is -1.75. The minimum atomic E-state index is -4.84. The Bertz CT molecular complexity index is 689. The third-order valence-electron chi connectivity index (χ3n) is 2.47. The molecule has 2 rings (SSSR count). The van der Waals surface area contributed by atoms with Crippen LogP contribution in [0, 0.1) is 0 Å². The summed E-state index contributed by atoms with van der Waals surface area (Å²) in [6.07, 6.45) is -3.72. The van der Waals surface area contributed by atoms with E-state index in [1.54, 1.807) is 0 Å². The van der Waals surface area contributed by atoms with Gasteiger partial charge in [-0.15, -0.1) is 13.2 Å². The molecule has 0 atom stereocenters. The van der Waals surface area contributed by atoms with Crippen LogP contribution in [0.25, 0.3) is 11.1 Å². The Morgan fingerprint density at radius 1 is 1.29 bits per heavy atom. The molecule has 0 saturated heterocycles. The molecule has 0 fully saturated rings. The van der Waals surface area contributed by atoms with Crippen LogP contribution < -0.4 is 4.74 Å². The van der Waals surface area contributed by atoms with Crippen molar-refractivity contribution >= 4 is 17.6 Å². The first-order valence-electron chi connectivity index (χ1n) is 5.52. The lowest BCUT2D eigenvalue weighted by molar-refractivity contribution is -0.274. The van der Waals surface area contributed by atoms with Gasteiger partial charge in [0.2, 0.25) is 0 Å². The van der Waals surface area contributed by atoms with Gasteiger partial charge in [-0.3, -0.25) is 0 Å². The summed E-state index contributed by atoms with van der Waals surface area (Å²) in [6.45, 7) is 0. The van der Waals surface area contributed by atoms with Gasteiger partial charge in [0.1, 0.15) is 5.75 Å². The van der Waals surface area contributed by atoms with Crippen molar-refractivity contribution in [2.45, 2.75) is 6.36 Å². The van der Waals surface area contributed by atoms with Crippen molar-refractivity contribution in [1.29, 1.82) is 0 Å². The Hall–Kier alpha value is -2.28. The van der Waals surface area contributed by atoms with E-state index in [0.29, 0.717) is 0 Å². The lowest BCUT2D eigenvalue weighted by Gasteiger charge is -2.13. The number of aromatic nitrogens is 1. The van der Waals surface area contributed by atoms with E-state index in [-0.39, 0.29) is 21.8 Å². The zero-order chi connectivity index (χ0) is 15.6. The van der Waals surface area contributed by atoms with Crippen LogP contribution in [0.3, 0.4) is 0 Å². The van der Waals surface area contributed by atoms with Crippen LogP contribution in [0.2, 0.25) is 5.02 Å². The van der Waals surface area contributed by atoms with E-state index in [4.69, 9.17) is 16.7 Å². The molecule has 0 bridgehead atoms. The number of carboxylic acids is 1. The molecule has 110 valence electrons. The summed E-state index contributed by atoms with van der Waals surface area (Å²) in [6, 6.07) is 6.63. The third kappa shape index (κ3) is 3.63. The fourth-order valence-electron chi connectivity index (χ4n) is 1.66. The van der Waals surface area contributed by atoms with Gasteiger partial charge in [0.25, 0.3) is 0 Å². The fraction of sp³-hybridized carbons (Fsp3) is 0.0769. The second-order valence-electron chi connectivity index (χ2n) is 3.90. The molecular formula is C13H7ClF3NO3. The molecule has 4 nitrogen and oxygen atoms in total. The Morgan fingerprint density at radius 2 is 1.95 bits per heavy atom. The number of para-hydroxylation sites is 1.